The van der Waals surface area contributed by atoms with Crippen molar-refractivity contribution in [3.05, 3.63) is 28.5 Å². The van der Waals surface area contributed by atoms with E-state index in [9.17, 15) is 4.79 Å². The second-order valence-electron chi connectivity index (χ2n) is 2.78. The molecule has 0 spiro atoms. The molecule has 0 saturated heterocycles. The molecule has 2 rings (SSSR count). The normalized spacial score (nSPS) is 10.6. The summed E-state index contributed by atoms with van der Waals surface area (Å²) in [4.78, 5) is 14.7. The van der Waals surface area contributed by atoms with E-state index < -0.39 is 0 Å². The molecule has 0 atom stereocenters. The standard InChI is InChI=1S/C9H7BrN2O/c1-12-8-3-2-6(10)4-7(8)11-9(12)5-13/h2-5H,1H3. The monoisotopic (exact) mass is 238 g/mol. The highest BCUT2D eigenvalue weighted by atomic mass is 79.9. The number of nitrogens with zero attached hydrogens (tertiary/aromatic N) is 2. The van der Waals surface area contributed by atoms with Crippen LogP contribution in [-0.4, -0.2) is 15.8 Å². The maximum Gasteiger partial charge on any atom is 0.185 e. The maximum absolute atomic E-state index is 10.6. The van der Waals surface area contributed by atoms with E-state index in [-0.39, 0.29) is 0 Å². The van der Waals surface area contributed by atoms with E-state index in [4.69, 9.17) is 0 Å². The number of hydrogen-bond donors (Lipinski definition) is 0. The fourth-order valence-corrected chi connectivity index (χ4v) is 1.65. The van der Waals surface area contributed by atoms with Gasteiger partial charge in [0, 0.05) is 11.5 Å². The molecular formula is C9H7BrN2O. The Morgan fingerprint density at radius 2 is 2.31 bits per heavy atom. The average Bonchev–Trinajstić information content (AvgIpc) is 2.42. The predicted octanol–water partition coefficient (Wildman–Crippen LogP) is 2.15. The van der Waals surface area contributed by atoms with Crippen molar-refractivity contribution in [2.24, 2.45) is 7.05 Å². The second kappa shape index (κ2) is 2.96. The van der Waals surface area contributed by atoms with Crippen molar-refractivity contribution < 1.29 is 4.79 Å². The summed E-state index contributed by atoms with van der Waals surface area (Å²) in [5.41, 5.74) is 1.80. The highest BCUT2D eigenvalue weighted by Crippen LogP contribution is 2.19. The summed E-state index contributed by atoms with van der Waals surface area (Å²) in [5.74, 6) is 0.452. The van der Waals surface area contributed by atoms with Gasteiger partial charge in [0.25, 0.3) is 0 Å². The van der Waals surface area contributed by atoms with Crippen LogP contribution in [0.15, 0.2) is 22.7 Å². The lowest BCUT2D eigenvalue weighted by atomic mass is 10.3. The molecule has 1 aromatic carbocycles. The molecule has 0 aliphatic heterocycles. The number of halogens is 1. The molecule has 0 radical (unpaired) electrons. The van der Waals surface area contributed by atoms with Crippen LogP contribution in [0, 0.1) is 0 Å². The van der Waals surface area contributed by atoms with Gasteiger partial charge in [0.1, 0.15) is 0 Å². The molecule has 4 heteroatoms. The molecule has 0 bridgehead atoms. The van der Waals surface area contributed by atoms with E-state index in [1.807, 2.05) is 25.2 Å². The lowest BCUT2D eigenvalue weighted by molar-refractivity contribution is 0.111. The Morgan fingerprint density at radius 3 is 3.00 bits per heavy atom. The summed E-state index contributed by atoms with van der Waals surface area (Å²) in [5, 5.41) is 0. The number of fused-ring (bicyclic) bond motifs is 1. The van der Waals surface area contributed by atoms with Gasteiger partial charge in [-0.1, -0.05) is 15.9 Å². The number of aldehydes is 1. The minimum atomic E-state index is 0.452. The Kier molecular flexibility index (Phi) is 1.92. The highest BCUT2D eigenvalue weighted by molar-refractivity contribution is 9.10. The van der Waals surface area contributed by atoms with Gasteiger partial charge < -0.3 is 4.57 Å². The van der Waals surface area contributed by atoms with Crippen molar-refractivity contribution in [2.75, 3.05) is 0 Å². The van der Waals surface area contributed by atoms with Crippen molar-refractivity contribution in [3.63, 3.8) is 0 Å². The van der Waals surface area contributed by atoms with Gasteiger partial charge in [-0.15, -0.1) is 0 Å². The number of benzene rings is 1. The Labute approximate surface area is 83.5 Å². The van der Waals surface area contributed by atoms with Crippen LogP contribution in [-0.2, 0) is 7.05 Å². The van der Waals surface area contributed by atoms with Crippen LogP contribution >= 0.6 is 15.9 Å². The van der Waals surface area contributed by atoms with Gasteiger partial charge in [-0.3, -0.25) is 4.79 Å². The number of carbonyl (C=O) groups is 1. The highest BCUT2D eigenvalue weighted by Gasteiger charge is 2.05. The topological polar surface area (TPSA) is 34.9 Å². The number of aryl methyl sites for hydroxylation is 1. The first-order chi connectivity index (χ1) is 6.22. The van der Waals surface area contributed by atoms with E-state index >= 15 is 0 Å². The van der Waals surface area contributed by atoms with Crippen LogP contribution in [0.1, 0.15) is 10.6 Å². The number of hydrogen-bond acceptors (Lipinski definition) is 2. The average molecular weight is 239 g/mol. The molecule has 66 valence electrons. The third kappa shape index (κ3) is 1.27. The minimum Gasteiger partial charge on any atom is -0.325 e. The Hall–Kier alpha value is -1.16. The summed E-state index contributed by atoms with van der Waals surface area (Å²) in [7, 11) is 1.83. The third-order valence-electron chi connectivity index (χ3n) is 1.98. The van der Waals surface area contributed by atoms with Crippen LogP contribution in [0.5, 0.6) is 0 Å². The van der Waals surface area contributed by atoms with Gasteiger partial charge >= 0.3 is 0 Å². The molecule has 0 aliphatic rings. The molecule has 0 fully saturated rings. The molecule has 1 aromatic heterocycles. The molecule has 0 unspecified atom stereocenters. The first-order valence-electron chi connectivity index (χ1n) is 3.79. The van der Waals surface area contributed by atoms with Gasteiger partial charge in [0.05, 0.1) is 11.0 Å². The Bertz CT molecular complexity index is 476. The van der Waals surface area contributed by atoms with Crippen molar-refractivity contribution >= 4 is 33.2 Å². The van der Waals surface area contributed by atoms with Gasteiger partial charge in [-0.25, -0.2) is 4.98 Å². The lowest BCUT2D eigenvalue weighted by Gasteiger charge is -1.94. The molecule has 2 aromatic rings. The zero-order valence-electron chi connectivity index (χ0n) is 6.99. The lowest BCUT2D eigenvalue weighted by Crippen LogP contribution is -1.94. The van der Waals surface area contributed by atoms with Crippen molar-refractivity contribution in [1.29, 1.82) is 0 Å². The van der Waals surface area contributed by atoms with Crippen molar-refractivity contribution in [2.45, 2.75) is 0 Å². The van der Waals surface area contributed by atoms with Gasteiger partial charge in [-0.05, 0) is 18.2 Å². The summed E-state index contributed by atoms with van der Waals surface area (Å²) in [6.45, 7) is 0. The first-order valence-corrected chi connectivity index (χ1v) is 4.59. The van der Waals surface area contributed by atoms with E-state index in [2.05, 4.69) is 20.9 Å². The fourth-order valence-electron chi connectivity index (χ4n) is 1.30. The molecule has 0 N–H and O–H groups in total. The van der Waals surface area contributed by atoms with Gasteiger partial charge in [0.2, 0.25) is 0 Å². The van der Waals surface area contributed by atoms with E-state index in [1.165, 1.54) is 0 Å². The van der Waals surface area contributed by atoms with Crippen LogP contribution in [0.25, 0.3) is 11.0 Å². The summed E-state index contributed by atoms with van der Waals surface area (Å²) in [6.07, 6.45) is 0.758. The van der Waals surface area contributed by atoms with Crippen LogP contribution in [0.4, 0.5) is 0 Å². The summed E-state index contributed by atoms with van der Waals surface area (Å²) in [6, 6.07) is 5.75. The van der Waals surface area contributed by atoms with E-state index in [0.29, 0.717) is 5.82 Å². The quantitative estimate of drug-likeness (QED) is 0.714. The van der Waals surface area contributed by atoms with Gasteiger partial charge in [-0.2, -0.15) is 0 Å². The molecule has 1 heterocycles. The predicted molar refractivity (Wildman–Crippen MR) is 53.8 cm³/mol. The molecule has 0 saturated carbocycles. The molecular weight excluding hydrogens is 232 g/mol. The minimum absolute atomic E-state index is 0.452. The number of carbonyl (C=O) groups excluding carboxylic acids is 1. The fraction of sp³-hybridized carbons (Fsp3) is 0.111. The van der Waals surface area contributed by atoms with Crippen molar-refractivity contribution in [1.82, 2.24) is 9.55 Å². The molecule has 3 nitrogen and oxygen atoms in total. The molecule has 13 heavy (non-hydrogen) atoms. The summed E-state index contributed by atoms with van der Waals surface area (Å²) < 4.78 is 2.74. The zero-order chi connectivity index (χ0) is 9.42. The van der Waals surface area contributed by atoms with E-state index in [1.54, 1.807) is 4.57 Å². The smallest absolute Gasteiger partial charge is 0.185 e. The first kappa shape index (κ1) is 8.44. The van der Waals surface area contributed by atoms with Crippen LogP contribution < -0.4 is 0 Å². The maximum atomic E-state index is 10.6. The Balaban J connectivity index is 2.83. The number of aromatic nitrogens is 2. The third-order valence-corrected chi connectivity index (χ3v) is 2.48. The van der Waals surface area contributed by atoms with Crippen LogP contribution in [0.2, 0.25) is 0 Å². The van der Waals surface area contributed by atoms with Crippen molar-refractivity contribution in [3.8, 4) is 0 Å². The number of rotatable bonds is 1. The Morgan fingerprint density at radius 1 is 1.54 bits per heavy atom. The summed E-state index contributed by atoms with van der Waals surface area (Å²) >= 11 is 3.35. The van der Waals surface area contributed by atoms with Crippen LogP contribution in [0.3, 0.4) is 0 Å². The largest absolute Gasteiger partial charge is 0.325 e. The zero-order valence-corrected chi connectivity index (χ0v) is 8.58. The van der Waals surface area contributed by atoms with Gasteiger partial charge in [0.15, 0.2) is 12.1 Å². The molecule has 0 aliphatic carbocycles. The number of imidazole rings is 1. The molecule has 0 amide bonds. The SMILES string of the molecule is Cn1c(C=O)nc2cc(Br)ccc21. The second-order valence-corrected chi connectivity index (χ2v) is 3.70. The van der Waals surface area contributed by atoms with E-state index in [0.717, 1.165) is 21.8 Å².